The number of rotatable bonds is 8. The molecule has 0 spiro atoms. The van der Waals surface area contributed by atoms with Crippen molar-refractivity contribution in [2.45, 2.75) is 32.4 Å². The normalized spacial score (nSPS) is 14.5. The average molecular weight is 397 g/mol. The molecule has 0 aromatic heterocycles. The molecule has 0 bridgehead atoms. The number of carbonyl (C=O) groups excluding carboxylic acids is 1. The van der Waals surface area contributed by atoms with Crippen LogP contribution in [0, 0.1) is 5.92 Å². The zero-order valence-electron chi connectivity index (χ0n) is 13.7. The average Bonchev–Trinajstić information content (AvgIpc) is 2.42. The van der Waals surface area contributed by atoms with Crippen LogP contribution in [0.4, 0.5) is 0 Å². The molecule has 9 heteroatoms. The molecule has 1 aromatic rings. The lowest BCUT2D eigenvalue weighted by Crippen LogP contribution is -2.48. The number of carbonyl (C=O) groups is 1. The fraction of sp³-hybridized carbons (Fsp3) is 0.533. The zero-order chi connectivity index (χ0) is 18.5. The highest BCUT2D eigenvalue weighted by molar-refractivity contribution is 7.88. The maximum atomic E-state index is 12.5. The summed E-state index contributed by atoms with van der Waals surface area (Å²) in [4.78, 5) is 12.5. The van der Waals surface area contributed by atoms with E-state index in [0.29, 0.717) is 22.0 Å². The third kappa shape index (κ3) is 6.94. The van der Waals surface area contributed by atoms with Gasteiger partial charge in [-0.15, -0.1) is 0 Å². The van der Waals surface area contributed by atoms with Gasteiger partial charge in [0.15, 0.2) is 0 Å². The van der Waals surface area contributed by atoms with E-state index in [0.717, 1.165) is 6.26 Å². The van der Waals surface area contributed by atoms with Gasteiger partial charge in [-0.05, 0) is 30.0 Å². The predicted octanol–water partition coefficient (Wildman–Crippen LogP) is 2.11. The number of hydrogen-bond acceptors (Lipinski definition) is 4. The molecule has 1 amide bonds. The Morgan fingerprint density at radius 3 is 2.38 bits per heavy atom. The molecule has 2 unspecified atom stereocenters. The minimum Gasteiger partial charge on any atom is -0.394 e. The van der Waals surface area contributed by atoms with Gasteiger partial charge in [-0.3, -0.25) is 4.79 Å². The van der Waals surface area contributed by atoms with E-state index in [1.54, 1.807) is 12.1 Å². The number of amides is 1. The summed E-state index contributed by atoms with van der Waals surface area (Å²) in [6, 6.07) is 3.01. The van der Waals surface area contributed by atoms with Crippen molar-refractivity contribution in [1.29, 1.82) is 0 Å². The summed E-state index contributed by atoms with van der Waals surface area (Å²) in [5.74, 6) is -0.430. The first kappa shape index (κ1) is 21.2. The van der Waals surface area contributed by atoms with E-state index in [1.807, 2.05) is 13.8 Å². The van der Waals surface area contributed by atoms with Gasteiger partial charge in [0.05, 0.1) is 18.9 Å². The van der Waals surface area contributed by atoms with E-state index in [2.05, 4.69) is 10.0 Å². The molecule has 0 radical (unpaired) electrons. The molecule has 3 N–H and O–H groups in total. The summed E-state index contributed by atoms with van der Waals surface area (Å²) >= 11 is 11.9. The molecule has 0 heterocycles. The van der Waals surface area contributed by atoms with Crippen LogP contribution in [0.25, 0.3) is 0 Å². The first-order valence-electron chi connectivity index (χ1n) is 7.37. The first-order chi connectivity index (χ1) is 11.0. The van der Waals surface area contributed by atoms with E-state index >= 15 is 0 Å². The Bertz CT molecular complexity index is 680. The molecular weight excluding hydrogens is 375 g/mol. The van der Waals surface area contributed by atoms with Gasteiger partial charge in [0, 0.05) is 10.0 Å². The molecule has 136 valence electrons. The van der Waals surface area contributed by atoms with Crippen LogP contribution in [0.2, 0.25) is 10.0 Å². The van der Waals surface area contributed by atoms with Crippen molar-refractivity contribution in [3.8, 4) is 0 Å². The van der Waals surface area contributed by atoms with Crippen LogP contribution in [0.3, 0.4) is 0 Å². The van der Waals surface area contributed by atoms with Gasteiger partial charge in [-0.25, -0.2) is 13.1 Å². The fourth-order valence-electron chi connectivity index (χ4n) is 2.22. The summed E-state index contributed by atoms with van der Waals surface area (Å²) in [6.07, 6.45) is 1.32. The molecule has 0 saturated heterocycles. The van der Waals surface area contributed by atoms with Crippen LogP contribution in [0.1, 0.15) is 31.9 Å². The molecular formula is C15H22Cl2N2O4S. The van der Waals surface area contributed by atoms with Crippen LogP contribution in [-0.2, 0) is 14.8 Å². The second kappa shape index (κ2) is 9.01. The summed E-state index contributed by atoms with van der Waals surface area (Å²) in [5, 5.41) is 12.9. The molecule has 24 heavy (non-hydrogen) atoms. The molecule has 1 aromatic carbocycles. The van der Waals surface area contributed by atoms with Gasteiger partial charge in [0.1, 0.15) is 6.04 Å². The Labute approximate surface area is 152 Å². The Balaban J connectivity index is 2.97. The lowest BCUT2D eigenvalue weighted by Gasteiger charge is -2.23. The number of benzene rings is 1. The topological polar surface area (TPSA) is 95.5 Å². The van der Waals surface area contributed by atoms with Crippen molar-refractivity contribution in [1.82, 2.24) is 10.0 Å². The third-order valence-corrected chi connectivity index (χ3v) is 4.49. The standard InChI is InChI=1S/C15H22Cl2N2O4S/c1-9(2)6-13(19-24(3,22)23)15(21)18-14(8-20)11-5-4-10(16)7-12(11)17/h4-5,7,9,13-14,19-20H,6,8H2,1-3H3,(H,18,21). The van der Waals surface area contributed by atoms with Gasteiger partial charge in [-0.2, -0.15) is 0 Å². The third-order valence-electron chi connectivity index (χ3n) is 3.22. The Morgan fingerprint density at radius 2 is 1.92 bits per heavy atom. The molecule has 2 atom stereocenters. The van der Waals surface area contributed by atoms with Crippen LogP contribution in [-0.4, -0.2) is 38.3 Å². The van der Waals surface area contributed by atoms with E-state index in [4.69, 9.17) is 23.2 Å². The van der Waals surface area contributed by atoms with Crippen LogP contribution < -0.4 is 10.0 Å². The van der Waals surface area contributed by atoms with Crippen molar-refractivity contribution >= 4 is 39.1 Å². The lowest BCUT2D eigenvalue weighted by atomic mass is 10.0. The summed E-state index contributed by atoms with van der Waals surface area (Å²) in [5.41, 5.74) is 0.500. The highest BCUT2D eigenvalue weighted by atomic mass is 35.5. The number of aliphatic hydroxyl groups excluding tert-OH is 1. The number of aliphatic hydroxyl groups is 1. The van der Waals surface area contributed by atoms with E-state index in [1.165, 1.54) is 6.07 Å². The molecule has 0 aliphatic carbocycles. The maximum Gasteiger partial charge on any atom is 0.238 e. The van der Waals surface area contributed by atoms with Crippen molar-refractivity contribution < 1.29 is 18.3 Å². The Morgan fingerprint density at radius 1 is 1.29 bits per heavy atom. The first-order valence-corrected chi connectivity index (χ1v) is 10.0. The fourth-order valence-corrected chi connectivity index (χ4v) is 3.48. The van der Waals surface area contributed by atoms with E-state index in [-0.39, 0.29) is 12.5 Å². The van der Waals surface area contributed by atoms with Crippen molar-refractivity contribution in [2.75, 3.05) is 12.9 Å². The molecule has 0 fully saturated rings. The molecule has 6 nitrogen and oxygen atoms in total. The monoisotopic (exact) mass is 396 g/mol. The second-order valence-corrected chi connectivity index (χ2v) is 8.61. The molecule has 0 aliphatic heterocycles. The minimum atomic E-state index is -3.55. The number of nitrogens with one attached hydrogen (secondary N) is 2. The van der Waals surface area contributed by atoms with Gasteiger partial charge in [0.25, 0.3) is 0 Å². The van der Waals surface area contributed by atoms with Gasteiger partial charge in [0.2, 0.25) is 15.9 Å². The molecule has 1 rings (SSSR count). The SMILES string of the molecule is CC(C)CC(NS(C)(=O)=O)C(=O)NC(CO)c1ccc(Cl)cc1Cl. The molecule has 0 saturated carbocycles. The Hall–Kier alpha value is -0.860. The summed E-state index contributed by atoms with van der Waals surface area (Å²) in [7, 11) is -3.55. The number of halogens is 2. The maximum absolute atomic E-state index is 12.5. The molecule has 0 aliphatic rings. The van der Waals surface area contributed by atoms with Crippen molar-refractivity contribution in [3.63, 3.8) is 0 Å². The van der Waals surface area contributed by atoms with Crippen molar-refractivity contribution in [3.05, 3.63) is 33.8 Å². The highest BCUT2D eigenvalue weighted by Gasteiger charge is 2.26. The lowest BCUT2D eigenvalue weighted by molar-refractivity contribution is -0.124. The smallest absolute Gasteiger partial charge is 0.238 e. The number of hydrogen-bond donors (Lipinski definition) is 3. The minimum absolute atomic E-state index is 0.0988. The quantitative estimate of drug-likeness (QED) is 0.626. The van der Waals surface area contributed by atoms with Crippen LogP contribution >= 0.6 is 23.2 Å². The largest absolute Gasteiger partial charge is 0.394 e. The number of sulfonamides is 1. The predicted molar refractivity (Wildman–Crippen MR) is 95.7 cm³/mol. The van der Waals surface area contributed by atoms with E-state index in [9.17, 15) is 18.3 Å². The second-order valence-electron chi connectivity index (χ2n) is 5.98. The van der Waals surface area contributed by atoms with Crippen LogP contribution in [0.15, 0.2) is 18.2 Å². The van der Waals surface area contributed by atoms with Crippen molar-refractivity contribution in [2.24, 2.45) is 5.92 Å². The highest BCUT2D eigenvalue weighted by Crippen LogP contribution is 2.26. The van der Waals surface area contributed by atoms with E-state index < -0.39 is 28.0 Å². The van der Waals surface area contributed by atoms with Gasteiger partial charge < -0.3 is 10.4 Å². The Kier molecular flexibility index (Phi) is 7.95. The van der Waals surface area contributed by atoms with Gasteiger partial charge in [-0.1, -0.05) is 43.1 Å². The summed E-state index contributed by atoms with van der Waals surface area (Å²) in [6.45, 7) is 3.37. The summed E-state index contributed by atoms with van der Waals surface area (Å²) < 4.78 is 25.3. The zero-order valence-corrected chi connectivity index (χ0v) is 16.0. The van der Waals surface area contributed by atoms with Crippen LogP contribution in [0.5, 0.6) is 0 Å². The van der Waals surface area contributed by atoms with Gasteiger partial charge >= 0.3 is 0 Å².